The van der Waals surface area contributed by atoms with Gasteiger partial charge in [0.2, 0.25) is 0 Å². The van der Waals surface area contributed by atoms with Gasteiger partial charge in [0.1, 0.15) is 5.75 Å². The van der Waals surface area contributed by atoms with Gasteiger partial charge in [-0.1, -0.05) is 59.6 Å². The Morgan fingerprint density at radius 3 is 2.29 bits per heavy atom. The number of para-hydroxylation sites is 1. The van der Waals surface area contributed by atoms with Gasteiger partial charge in [-0.15, -0.1) is 0 Å². The van der Waals surface area contributed by atoms with Crippen molar-refractivity contribution in [1.82, 2.24) is 10.9 Å². The molecule has 0 aliphatic carbocycles. The molecule has 0 aliphatic rings. The normalized spacial score (nSPS) is 10.5. The summed E-state index contributed by atoms with van der Waals surface area (Å²) in [5, 5.41) is 0.545. The van der Waals surface area contributed by atoms with E-state index in [2.05, 4.69) is 10.9 Å². The van der Waals surface area contributed by atoms with Gasteiger partial charge < -0.3 is 4.74 Å². The summed E-state index contributed by atoms with van der Waals surface area (Å²) in [7, 11) is 0. The van der Waals surface area contributed by atoms with Gasteiger partial charge >= 0.3 is 5.97 Å². The monoisotopic (exact) mass is 454 g/mol. The van der Waals surface area contributed by atoms with E-state index in [0.717, 1.165) is 0 Å². The van der Waals surface area contributed by atoms with Gasteiger partial charge in [0.15, 0.2) is 0 Å². The predicted molar refractivity (Wildman–Crippen MR) is 119 cm³/mol. The highest BCUT2D eigenvalue weighted by Gasteiger charge is 2.12. The number of amides is 2. The van der Waals surface area contributed by atoms with Crippen molar-refractivity contribution in [3.8, 4) is 5.75 Å². The van der Waals surface area contributed by atoms with E-state index in [-0.39, 0.29) is 16.3 Å². The Labute approximate surface area is 188 Å². The van der Waals surface area contributed by atoms with Crippen molar-refractivity contribution in [1.29, 1.82) is 0 Å². The number of ether oxygens (including phenoxy) is 1. The molecule has 0 saturated carbocycles. The molecule has 0 radical (unpaired) electrons. The van der Waals surface area contributed by atoms with Gasteiger partial charge in [0.05, 0.1) is 16.1 Å². The minimum atomic E-state index is -0.597. The van der Waals surface area contributed by atoms with Crippen LogP contribution in [-0.4, -0.2) is 17.8 Å². The van der Waals surface area contributed by atoms with Crippen LogP contribution < -0.4 is 15.6 Å². The molecule has 0 aliphatic heterocycles. The van der Waals surface area contributed by atoms with E-state index in [1.807, 2.05) is 0 Å². The van der Waals surface area contributed by atoms with Crippen molar-refractivity contribution in [3.05, 3.63) is 106 Å². The van der Waals surface area contributed by atoms with E-state index in [9.17, 15) is 14.4 Å². The standard InChI is InChI=1S/C23H16Cl2N2O4/c24-17-11-12-18(19(25)14-17)22(29)27-26-21(28)13-10-15-6-4-5-9-20(15)31-23(30)16-7-2-1-3-8-16/h1-14H,(H,26,28)(H,27,29)/b13-10+. The third kappa shape index (κ3) is 6.18. The van der Waals surface area contributed by atoms with Crippen LogP contribution in [0.15, 0.2) is 78.9 Å². The van der Waals surface area contributed by atoms with Crippen molar-refractivity contribution < 1.29 is 19.1 Å². The molecule has 0 bridgehead atoms. The summed E-state index contributed by atoms with van der Waals surface area (Å²) in [6.45, 7) is 0. The quantitative estimate of drug-likeness (QED) is 0.253. The first-order valence-corrected chi connectivity index (χ1v) is 9.79. The molecule has 31 heavy (non-hydrogen) atoms. The van der Waals surface area contributed by atoms with Crippen LogP contribution >= 0.6 is 23.2 Å². The molecule has 6 nitrogen and oxygen atoms in total. The molecule has 0 spiro atoms. The Hall–Kier alpha value is -3.61. The van der Waals surface area contributed by atoms with E-state index in [0.29, 0.717) is 16.1 Å². The zero-order valence-corrected chi connectivity index (χ0v) is 17.5. The molecule has 0 fully saturated rings. The largest absolute Gasteiger partial charge is 0.422 e. The molecule has 2 N–H and O–H groups in total. The number of hydrogen-bond donors (Lipinski definition) is 2. The molecule has 3 aromatic carbocycles. The number of nitrogens with one attached hydrogen (secondary N) is 2. The molecule has 3 rings (SSSR count). The maximum absolute atomic E-state index is 12.3. The van der Waals surface area contributed by atoms with E-state index in [1.165, 1.54) is 30.4 Å². The number of halogens is 2. The smallest absolute Gasteiger partial charge is 0.343 e. The van der Waals surface area contributed by atoms with Crippen molar-refractivity contribution in [2.45, 2.75) is 0 Å². The van der Waals surface area contributed by atoms with Crippen LogP contribution in [0.1, 0.15) is 26.3 Å². The van der Waals surface area contributed by atoms with E-state index in [4.69, 9.17) is 27.9 Å². The van der Waals surface area contributed by atoms with Crippen LogP contribution in [0.25, 0.3) is 6.08 Å². The van der Waals surface area contributed by atoms with Gasteiger partial charge in [0.25, 0.3) is 11.8 Å². The van der Waals surface area contributed by atoms with Crippen LogP contribution in [0.3, 0.4) is 0 Å². The molecular formula is C23H16Cl2N2O4. The van der Waals surface area contributed by atoms with Crippen LogP contribution in [-0.2, 0) is 4.79 Å². The maximum Gasteiger partial charge on any atom is 0.343 e. The fourth-order valence-corrected chi connectivity index (χ4v) is 3.00. The molecule has 156 valence electrons. The highest BCUT2D eigenvalue weighted by molar-refractivity contribution is 6.36. The number of esters is 1. The van der Waals surface area contributed by atoms with Crippen molar-refractivity contribution in [3.63, 3.8) is 0 Å². The first kappa shape index (κ1) is 22.1. The number of carbonyl (C=O) groups is 3. The number of carbonyl (C=O) groups excluding carboxylic acids is 3. The summed E-state index contributed by atoms with van der Waals surface area (Å²) in [4.78, 5) is 36.5. The van der Waals surface area contributed by atoms with E-state index in [1.54, 1.807) is 54.6 Å². The second kappa shape index (κ2) is 10.4. The van der Waals surface area contributed by atoms with Crippen LogP contribution in [0.5, 0.6) is 5.75 Å². The second-order valence-corrected chi connectivity index (χ2v) is 7.04. The molecule has 0 aromatic heterocycles. The lowest BCUT2D eigenvalue weighted by Gasteiger charge is -2.08. The molecule has 2 amide bonds. The average molecular weight is 455 g/mol. The summed E-state index contributed by atoms with van der Waals surface area (Å²) in [6.07, 6.45) is 2.66. The fraction of sp³-hybridized carbons (Fsp3) is 0. The Morgan fingerprint density at radius 1 is 0.839 bits per heavy atom. The Balaban J connectivity index is 1.62. The highest BCUT2D eigenvalue weighted by Crippen LogP contribution is 2.21. The first-order valence-electron chi connectivity index (χ1n) is 9.04. The third-order valence-electron chi connectivity index (χ3n) is 4.02. The number of hydrazine groups is 1. The van der Waals surface area contributed by atoms with Gasteiger partial charge in [-0.05, 0) is 42.5 Å². The Bertz CT molecular complexity index is 1150. The van der Waals surface area contributed by atoms with Crippen molar-refractivity contribution in [2.24, 2.45) is 0 Å². The molecule has 8 heteroatoms. The summed E-state index contributed by atoms with van der Waals surface area (Å²) in [5.41, 5.74) is 5.59. The summed E-state index contributed by atoms with van der Waals surface area (Å²) < 4.78 is 5.43. The first-order chi connectivity index (χ1) is 14.9. The lowest BCUT2D eigenvalue weighted by Crippen LogP contribution is -2.40. The summed E-state index contributed by atoms with van der Waals surface area (Å²) >= 11 is 11.8. The van der Waals surface area contributed by atoms with Crippen LogP contribution in [0.4, 0.5) is 0 Å². The van der Waals surface area contributed by atoms with E-state index < -0.39 is 17.8 Å². The predicted octanol–water partition coefficient (Wildman–Crippen LogP) is 4.69. The Kier molecular flexibility index (Phi) is 7.43. The molecule has 0 atom stereocenters. The zero-order valence-electron chi connectivity index (χ0n) is 16.0. The Morgan fingerprint density at radius 2 is 1.55 bits per heavy atom. The molecule has 3 aromatic rings. The van der Waals surface area contributed by atoms with Gasteiger partial charge in [-0.25, -0.2) is 4.79 Å². The number of rotatable bonds is 5. The lowest BCUT2D eigenvalue weighted by molar-refractivity contribution is -0.117. The number of benzene rings is 3. The van der Waals surface area contributed by atoms with Crippen LogP contribution in [0, 0.1) is 0 Å². The maximum atomic E-state index is 12.3. The minimum absolute atomic E-state index is 0.156. The highest BCUT2D eigenvalue weighted by atomic mass is 35.5. The van der Waals surface area contributed by atoms with E-state index >= 15 is 0 Å². The topological polar surface area (TPSA) is 84.5 Å². The molecule has 0 unspecified atom stereocenters. The summed E-state index contributed by atoms with van der Waals surface area (Å²) in [5.74, 6) is -1.42. The molecule has 0 heterocycles. The van der Waals surface area contributed by atoms with Gasteiger partial charge in [0, 0.05) is 16.7 Å². The molecular weight excluding hydrogens is 439 g/mol. The van der Waals surface area contributed by atoms with Gasteiger partial charge in [-0.2, -0.15) is 0 Å². The lowest BCUT2D eigenvalue weighted by atomic mass is 10.2. The SMILES string of the molecule is O=C(/C=C/c1ccccc1OC(=O)c1ccccc1)NNC(=O)c1ccc(Cl)cc1Cl. The average Bonchev–Trinajstić information content (AvgIpc) is 2.77. The van der Waals surface area contributed by atoms with Crippen molar-refractivity contribution in [2.75, 3.05) is 0 Å². The van der Waals surface area contributed by atoms with Crippen molar-refractivity contribution >= 4 is 47.1 Å². The minimum Gasteiger partial charge on any atom is -0.422 e. The third-order valence-corrected chi connectivity index (χ3v) is 4.57. The summed E-state index contributed by atoms with van der Waals surface area (Å²) in [6, 6.07) is 19.7. The van der Waals surface area contributed by atoms with Gasteiger partial charge in [-0.3, -0.25) is 20.4 Å². The molecule has 0 saturated heterocycles. The fourth-order valence-electron chi connectivity index (χ4n) is 2.51. The second-order valence-electron chi connectivity index (χ2n) is 6.19. The van der Waals surface area contributed by atoms with Crippen LogP contribution in [0.2, 0.25) is 10.0 Å². The zero-order chi connectivity index (χ0) is 22.2. The number of hydrogen-bond acceptors (Lipinski definition) is 4.